The van der Waals surface area contributed by atoms with Gasteiger partial charge >= 0.3 is 12.3 Å². The van der Waals surface area contributed by atoms with E-state index in [1.807, 2.05) is 0 Å². The zero-order chi connectivity index (χ0) is 16.0. The van der Waals surface area contributed by atoms with Gasteiger partial charge in [0.25, 0.3) is 0 Å². The number of ether oxygens (including phenoxy) is 1. The number of hydrogen-bond acceptors (Lipinski definition) is 2. The normalized spacial score (nSPS) is 25.6. The lowest BCUT2D eigenvalue weighted by atomic mass is 9.95. The number of rotatable bonds is 1. The monoisotopic (exact) mass is 303 g/mol. The molecule has 0 aromatic heterocycles. The summed E-state index contributed by atoms with van der Waals surface area (Å²) in [6.07, 6.45) is -1.81. The smallest absolute Gasteiger partial charge is 0.416 e. The predicted molar refractivity (Wildman–Crippen MR) is 72.8 cm³/mol. The number of amides is 1. The first-order chi connectivity index (χ1) is 9.49. The molecule has 0 radical (unpaired) electrons. The second kappa shape index (κ2) is 5.07. The summed E-state index contributed by atoms with van der Waals surface area (Å²) in [5.41, 5.74) is -1.21. The van der Waals surface area contributed by atoms with Gasteiger partial charge in [-0.1, -0.05) is 12.7 Å². The Morgan fingerprint density at radius 2 is 1.95 bits per heavy atom. The first-order valence-electron chi connectivity index (χ1n) is 6.97. The molecule has 3 nitrogen and oxygen atoms in total. The van der Waals surface area contributed by atoms with Crippen molar-refractivity contribution in [3.05, 3.63) is 23.8 Å². The summed E-state index contributed by atoms with van der Waals surface area (Å²) in [6.45, 7) is 8.45. The summed E-state index contributed by atoms with van der Waals surface area (Å²) < 4.78 is 43.6. The van der Waals surface area contributed by atoms with E-state index < -0.39 is 23.4 Å². The van der Waals surface area contributed by atoms with Crippen LogP contribution in [0.1, 0.15) is 40.0 Å². The van der Waals surface area contributed by atoms with E-state index in [1.165, 1.54) is 6.08 Å². The van der Waals surface area contributed by atoms with Crippen molar-refractivity contribution < 1.29 is 22.7 Å². The van der Waals surface area contributed by atoms with Gasteiger partial charge in [0.05, 0.1) is 11.6 Å². The highest BCUT2D eigenvalue weighted by molar-refractivity contribution is 5.70. The second-order valence-corrected chi connectivity index (χ2v) is 6.56. The standard InChI is InChI=1S/C15H20F3NO2/c1-9(15(16,17)18)10-7-11-5-6-12(8-10)19(11)13(20)21-14(2,3)4/h7,11-12H,1,5-6,8H2,2-4H3. The summed E-state index contributed by atoms with van der Waals surface area (Å²) >= 11 is 0. The van der Waals surface area contributed by atoms with Gasteiger partial charge in [-0.15, -0.1) is 0 Å². The highest BCUT2D eigenvalue weighted by Crippen LogP contribution is 2.41. The molecule has 2 rings (SSSR count). The number of hydrogen-bond donors (Lipinski definition) is 0. The molecule has 0 saturated carbocycles. The average molecular weight is 303 g/mol. The van der Waals surface area contributed by atoms with Crippen molar-refractivity contribution in [2.24, 2.45) is 0 Å². The van der Waals surface area contributed by atoms with Crippen molar-refractivity contribution in [2.75, 3.05) is 0 Å². The van der Waals surface area contributed by atoms with Gasteiger partial charge in [0, 0.05) is 6.04 Å². The molecule has 1 fully saturated rings. The lowest BCUT2D eigenvalue weighted by molar-refractivity contribution is -0.0895. The fraction of sp³-hybridized carbons (Fsp3) is 0.667. The van der Waals surface area contributed by atoms with E-state index in [-0.39, 0.29) is 24.1 Å². The van der Waals surface area contributed by atoms with Crippen molar-refractivity contribution in [3.63, 3.8) is 0 Å². The van der Waals surface area contributed by atoms with Crippen molar-refractivity contribution in [2.45, 2.75) is 63.9 Å². The molecule has 2 bridgehead atoms. The fourth-order valence-corrected chi connectivity index (χ4v) is 2.84. The van der Waals surface area contributed by atoms with E-state index in [4.69, 9.17) is 4.74 Å². The Bertz CT molecular complexity index is 488. The van der Waals surface area contributed by atoms with Crippen LogP contribution in [0.15, 0.2) is 23.8 Å². The highest BCUT2D eigenvalue weighted by Gasteiger charge is 2.44. The van der Waals surface area contributed by atoms with Crippen LogP contribution >= 0.6 is 0 Å². The Morgan fingerprint density at radius 3 is 2.43 bits per heavy atom. The molecule has 0 N–H and O–H groups in total. The predicted octanol–water partition coefficient (Wildman–Crippen LogP) is 4.20. The SMILES string of the molecule is C=C(C1=CC2CCC(C1)N2C(=O)OC(C)(C)C)C(F)(F)F. The van der Waals surface area contributed by atoms with Gasteiger partial charge in [0.15, 0.2) is 0 Å². The van der Waals surface area contributed by atoms with E-state index in [9.17, 15) is 18.0 Å². The summed E-state index contributed by atoms with van der Waals surface area (Å²) in [4.78, 5) is 13.7. The summed E-state index contributed by atoms with van der Waals surface area (Å²) in [5.74, 6) is 0. The van der Waals surface area contributed by atoms with E-state index in [0.717, 1.165) is 0 Å². The largest absolute Gasteiger partial charge is 0.444 e. The second-order valence-electron chi connectivity index (χ2n) is 6.56. The van der Waals surface area contributed by atoms with Gasteiger partial charge in [0.2, 0.25) is 0 Å². The molecule has 2 unspecified atom stereocenters. The highest BCUT2D eigenvalue weighted by atomic mass is 19.4. The molecule has 1 amide bonds. The number of fused-ring (bicyclic) bond motifs is 2. The Morgan fingerprint density at radius 1 is 1.33 bits per heavy atom. The Kier molecular flexibility index (Phi) is 3.84. The van der Waals surface area contributed by atoms with Crippen molar-refractivity contribution in [1.82, 2.24) is 4.90 Å². The number of allylic oxidation sites excluding steroid dienone is 1. The molecule has 0 spiro atoms. The minimum Gasteiger partial charge on any atom is -0.444 e. The van der Waals surface area contributed by atoms with Crippen LogP contribution in [0.5, 0.6) is 0 Å². The number of halogens is 3. The Balaban J connectivity index is 2.16. The van der Waals surface area contributed by atoms with Crippen LogP contribution in [0.4, 0.5) is 18.0 Å². The maximum absolute atomic E-state index is 12.7. The molecular formula is C15H20F3NO2. The quantitative estimate of drug-likeness (QED) is 0.726. The third-order valence-corrected chi connectivity index (χ3v) is 3.73. The van der Waals surface area contributed by atoms with Crippen LogP contribution in [-0.4, -0.2) is 34.9 Å². The van der Waals surface area contributed by atoms with E-state index in [2.05, 4.69) is 6.58 Å². The molecule has 2 heterocycles. The maximum atomic E-state index is 12.7. The minimum absolute atomic E-state index is 0.189. The van der Waals surface area contributed by atoms with Crippen LogP contribution in [-0.2, 0) is 4.74 Å². The van der Waals surface area contributed by atoms with Gasteiger partial charge in [0.1, 0.15) is 5.60 Å². The van der Waals surface area contributed by atoms with E-state index >= 15 is 0 Å². The van der Waals surface area contributed by atoms with E-state index in [1.54, 1.807) is 25.7 Å². The molecule has 2 aliphatic rings. The van der Waals surface area contributed by atoms with Crippen LogP contribution in [0, 0.1) is 0 Å². The summed E-state index contributed by atoms with van der Waals surface area (Å²) in [5, 5.41) is 0. The lowest BCUT2D eigenvalue weighted by Gasteiger charge is -2.35. The molecule has 6 heteroatoms. The summed E-state index contributed by atoms with van der Waals surface area (Å²) in [6, 6.07) is -0.559. The number of alkyl halides is 3. The topological polar surface area (TPSA) is 29.5 Å². The number of carbonyl (C=O) groups is 1. The number of carbonyl (C=O) groups excluding carboxylic acids is 1. The summed E-state index contributed by atoms with van der Waals surface area (Å²) in [7, 11) is 0. The Labute approximate surface area is 122 Å². The molecule has 118 valence electrons. The van der Waals surface area contributed by atoms with Crippen molar-refractivity contribution in [1.29, 1.82) is 0 Å². The van der Waals surface area contributed by atoms with Gasteiger partial charge in [-0.25, -0.2) is 4.79 Å². The van der Waals surface area contributed by atoms with E-state index in [0.29, 0.717) is 12.8 Å². The van der Waals surface area contributed by atoms with Gasteiger partial charge < -0.3 is 4.74 Å². The molecule has 2 aliphatic heterocycles. The average Bonchev–Trinajstić information content (AvgIpc) is 2.56. The third kappa shape index (κ3) is 3.41. The van der Waals surface area contributed by atoms with Crippen LogP contribution in [0.3, 0.4) is 0 Å². The van der Waals surface area contributed by atoms with Crippen molar-refractivity contribution in [3.8, 4) is 0 Å². The molecule has 0 aromatic carbocycles. The third-order valence-electron chi connectivity index (χ3n) is 3.73. The van der Waals surface area contributed by atoms with Crippen LogP contribution in [0.25, 0.3) is 0 Å². The first-order valence-corrected chi connectivity index (χ1v) is 6.97. The zero-order valence-electron chi connectivity index (χ0n) is 12.5. The minimum atomic E-state index is -4.42. The molecule has 21 heavy (non-hydrogen) atoms. The zero-order valence-corrected chi connectivity index (χ0v) is 12.5. The number of nitrogens with zero attached hydrogens (tertiary/aromatic N) is 1. The van der Waals surface area contributed by atoms with Gasteiger partial charge in [-0.3, -0.25) is 4.90 Å². The lowest BCUT2D eigenvalue weighted by Crippen LogP contribution is -2.46. The van der Waals surface area contributed by atoms with Crippen LogP contribution < -0.4 is 0 Å². The van der Waals surface area contributed by atoms with Crippen LogP contribution in [0.2, 0.25) is 0 Å². The molecule has 1 saturated heterocycles. The van der Waals surface area contributed by atoms with Crippen molar-refractivity contribution >= 4 is 6.09 Å². The fourth-order valence-electron chi connectivity index (χ4n) is 2.84. The Hall–Kier alpha value is -1.46. The molecule has 0 aromatic rings. The molecule has 2 atom stereocenters. The van der Waals surface area contributed by atoms with Gasteiger partial charge in [-0.2, -0.15) is 13.2 Å². The molecule has 0 aliphatic carbocycles. The maximum Gasteiger partial charge on any atom is 0.416 e. The first kappa shape index (κ1) is 15.9. The van der Waals surface area contributed by atoms with Gasteiger partial charge in [-0.05, 0) is 45.6 Å². The molecular weight excluding hydrogens is 283 g/mol.